The van der Waals surface area contributed by atoms with E-state index in [1.165, 1.54) is 4.57 Å². The summed E-state index contributed by atoms with van der Waals surface area (Å²) in [5.74, 6) is -0.699. The first-order valence-corrected chi connectivity index (χ1v) is 13.0. The van der Waals surface area contributed by atoms with Crippen LogP contribution in [0, 0.1) is 16.1 Å². The molecule has 1 atom stereocenters. The number of nitrogens with one attached hydrogen (secondary N) is 1. The Labute approximate surface area is 226 Å². The molecule has 0 saturated carbocycles. The van der Waals surface area contributed by atoms with Gasteiger partial charge in [-0.15, -0.1) is 0 Å². The summed E-state index contributed by atoms with van der Waals surface area (Å²) in [4.78, 5) is 46.7. The molecule has 0 unspecified atom stereocenters. The normalized spacial score (nSPS) is 14.7. The van der Waals surface area contributed by atoms with Crippen LogP contribution >= 0.6 is 12.2 Å². The Morgan fingerprint density at radius 1 is 1.08 bits per heavy atom. The van der Waals surface area contributed by atoms with E-state index < -0.39 is 23.2 Å². The fourth-order valence-corrected chi connectivity index (χ4v) is 4.88. The van der Waals surface area contributed by atoms with Crippen molar-refractivity contribution in [3.8, 4) is 6.07 Å². The number of anilines is 1. The number of fused-ring (bicyclic) bond motifs is 1. The number of ether oxygens (including phenoxy) is 1. The number of hydrogen-bond acceptors (Lipinski definition) is 7. The molecular weight excluding hydrogens is 502 g/mol. The third-order valence-corrected chi connectivity index (χ3v) is 6.75. The standard InChI is InChI=1S/C28H31N5O4S/c1-28(2,3)37-26(36)23(33-25(35)21-6-4-5-7-22(21)30-27(33)38)12-13-24(34)32-16-14-31(15-17-32)20-10-8-19(18-29)9-11-20/h4-11,23H,12-17H2,1-3H3,(H,30,38)/t23-/m1/s1. The Morgan fingerprint density at radius 3 is 2.37 bits per heavy atom. The van der Waals surface area contributed by atoms with Gasteiger partial charge in [-0.2, -0.15) is 5.26 Å². The lowest BCUT2D eigenvalue weighted by atomic mass is 10.1. The van der Waals surface area contributed by atoms with Crippen LogP contribution < -0.4 is 10.5 Å². The zero-order valence-corrected chi connectivity index (χ0v) is 22.6. The maximum Gasteiger partial charge on any atom is 0.329 e. The van der Waals surface area contributed by atoms with Crippen LogP contribution in [0.1, 0.15) is 45.2 Å². The molecule has 0 aliphatic carbocycles. The summed E-state index contributed by atoms with van der Waals surface area (Å²) in [6, 6.07) is 15.4. The van der Waals surface area contributed by atoms with Crippen molar-refractivity contribution in [3.63, 3.8) is 0 Å². The minimum absolute atomic E-state index is 0.0643. The molecule has 1 aliphatic heterocycles. The maximum absolute atomic E-state index is 13.4. The number of para-hydroxylation sites is 1. The highest BCUT2D eigenvalue weighted by Crippen LogP contribution is 2.22. The number of aromatic amines is 1. The molecule has 9 nitrogen and oxygen atoms in total. The van der Waals surface area contributed by atoms with Gasteiger partial charge in [0.2, 0.25) is 5.91 Å². The third-order valence-electron chi connectivity index (χ3n) is 6.45. The maximum atomic E-state index is 13.4. The molecule has 1 amide bonds. The number of nitrogens with zero attached hydrogens (tertiary/aromatic N) is 4. The molecule has 0 bridgehead atoms. The Kier molecular flexibility index (Phi) is 7.97. The van der Waals surface area contributed by atoms with Gasteiger partial charge in [-0.25, -0.2) is 4.79 Å². The highest BCUT2D eigenvalue weighted by Gasteiger charge is 2.30. The van der Waals surface area contributed by atoms with Crippen LogP contribution in [-0.2, 0) is 14.3 Å². The van der Waals surface area contributed by atoms with E-state index in [0.29, 0.717) is 42.6 Å². The number of hydrogen-bond donors (Lipinski definition) is 1. The van der Waals surface area contributed by atoms with Gasteiger partial charge in [-0.1, -0.05) is 12.1 Å². The third kappa shape index (κ3) is 6.11. The predicted octanol–water partition coefficient (Wildman–Crippen LogP) is 3.94. The molecule has 1 fully saturated rings. The lowest BCUT2D eigenvalue weighted by Gasteiger charge is -2.36. The zero-order valence-electron chi connectivity index (χ0n) is 21.8. The smallest absolute Gasteiger partial charge is 0.329 e. The van der Waals surface area contributed by atoms with Gasteiger partial charge in [-0.05, 0) is 75.8 Å². The van der Waals surface area contributed by atoms with Crippen LogP contribution in [0.25, 0.3) is 10.9 Å². The van der Waals surface area contributed by atoms with E-state index in [4.69, 9.17) is 22.2 Å². The van der Waals surface area contributed by atoms with Crippen molar-refractivity contribution in [3.05, 3.63) is 69.2 Å². The van der Waals surface area contributed by atoms with Crippen LogP contribution in [0.4, 0.5) is 5.69 Å². The first kappa shape index (κ1) is 27.1. The molecule has 198 valence electrons. The molecule has 10 heteroatoms. The summed E-state index contributed by atoms with van der Waals surface area (Å²) in [6.07, 6.45) is 0.147. The second-order valence-corrected chi connectivity index (χ2v) is 10.7. The molecule has 2 heterocycles. The van der Waals surface area contributed by atoms with Crippen molar-refractivity contribution in [1.29, 1.82) is 5.26 Å². The Balaban J connectivity index is 1.49. The number of nitriles is 1. The number of benzene rings is 2. The summed E-state index contributed by atoms with van der Waals surface area (Å²) >= 11 is 5.46. The second-order valence-electron chi connectivity index (χ2n) is 10.3. The zero-order chi connectivity index (χ0) is 27.4. The number of aromatic nitrogens is 2. The molecule has 1 aromatic heterocycles. The van der Waals surface area contributed by atoms with E-state index >= 15 is 0 Å². The number of rotatable bonds is 6. The highest BCUT2D eigenvalue weighted by molar-refractivity contribution is 7.71. The van der Waals surface area contributed by atoms with E-state index in [0.717, 1.165) is 5.69 Å². The van der Waals surface area contributed by atoms with Crippen molar-refractivity contribution in [2.45, 2.75) is 45.3 Å². The van der Waals surface area contributed by atoms with Crippen LogP contribution in [0.5, 0.6) is 0 Å². The number of esters is 1. The van der Waals surface area contributed by atoms with Gasteiger partial charge in [-0.3, -0.25) is 14.2 Å². The first-order chi connectivity index (χ1) is 18.1. The number of carbonyl (C=O) groups excluding carboxylic acids is 2. The van der Waals surface area contributed by atoms with Gasteiger partial charge >= 0.3 is 5.97 Å². The highest BCUT2D eigenvalue weighted by atomic mass is 32.1. The van der Waals surface area contributed by atoms with Gasteiger partial charge in [0.15, 0.2) is 4.77 Å². The summed E-state index contributed by atoms with van der Waals surface area (Å²) in [6.45, 7) is 7.64. The SMILES string of the molecule is CC(C)(C)OC(=O)[C@@H](CCC(=O)N1CCN(c2ccc(C#N)cc2)CC1)n1c(=S)[nH]c2ccccc2c1=O. The molecule has 1 aliphatic rings. The molecule has 0 radical (unpaired) electrons. The first-order valence-electron chi connectivity index (χ1n) is 12.6. The van der Waals surface area contributed by atoms with Crippen LogP contribution in [0.15, 0.2) is 53.3 Å². The fourth-order valence-electron chi connectivity index (χ4n) is 4.56. The quantitative estimate of drug-likeness (QED) is 0.377. The fraction of sp³-hybridized carbons (Fsp3) is 0.393. The summed E-state index contributed by atoms with van der Waals surface area (Å²) < 4.78 is 6.97. The lowest BCUT2D eigenvalue weighted by Crippen LogP contribution is -2.49. The Hall–Kier alpha value is -3.97. The van der Waals surface area contributed by atoms with E-state index in [-0.39, 0.29) is 23.5 Å². The van der Waals surface area contributed by atoms with E-state index in [2.05, 4.69) is 16.0 Å². The van der Waals surface area contributed by atoms with Crippen LogP contribution in [-0.4, -0.2) is 58.1 Å². The van der Waals surface area contributed by atoms with Crippen molar-refractivity contribution < 1.29 is 14.3 Å². The van der Waals surface area contributed by atoms with Gasteiger partial charge in [0, 0.05) is 38.3 Å². The van der Waals surface area contributed by atoms with Crippen LogP contribution in [0.2, 0.25) is 0 Å². The van der Waals surface area contributed by atoms with E-state index in [9.17, 15) is 14.4 Å². The van der Waals surface area contributed by atoms with Gasteiger partial charge in [0.05, 0.1) is 22.5 Å². The van der Waals surface area contributed by atoms with Gasteiger partial charge in [0.25, 0.3) is 5.56 Å². The molecule has 0 spiro atoms. The molecular formula is C28H31N5O4S. The van der Waals surface area contributed by atoms with Gasteiger partial charge in [0.1, 0.15) is 11.6 Å². The van der Waals surface area contributed by atoms with Crippen molar-refractivity contribution in [2.75, 3.05) is 31.1 Å². The predicted molar refractivity (Wildman–Crippen MR) is 147 cm³/mol. The molecule has 1 N–H and O–H groups in total. The Bertz CT molecular complexity index is 1490. The summed E-state index contributed by atoms with van der Waals surface area (Å²) in [5, 5.41) is 9.40. The second kappa shape index (κ2) is 11.2. The van der Waals surface area contributed by atoms with Gasteiger partial charge < -0.3 is 19.5 Å². The number of piperazine rings is 1. The van der Waals surface area contributed by atoms with Crippen LogP contribution in [0.3, 0.4) is 0 Å². The Morgan fingerprint density at radius 2 is 1.74 bits per heavy atom. The lowest BCUT2D eigenvalue weighted by molar-refractivity contribution is -0.159. The minimum Gasteiger partial charge on any atom is -0.458 e. The monoisotopic (exact) mass is 533 g/mol. The molecule has 1 saturated heterocycles. The van der Waals surface area contributed by atoms with E-state index in [1.54, 1.807) is 62.1 Å². The van der Waals surface area contributed by atoms with Crippen molar-refractivity contribution >= 4 is 40.7 Å². The van der Waals surface area contributed by atoms with Crippen molar-refractivity contribution in [1.82, 2.24) is 14.5 Å². The number of H-pyrrole nitrogens is 1. The average Bonchev–Trinajstić information content (AvgIpc) is 2.89. The largest absolute Gasteiger partial charge is 0.458 e. The summed E-state index contributed by atoms with van der Waals surface area (Å²) in [7, 11) is 0. The molecule has 4 rings (SSSR count). The van der Waals surface area contributed by atoms with E-state index in [1.807, 2.05) is 12.1 Å². The number of amides is 1. The van der Waals surface area contributed by atoms with Crippen molar-refractivity contribution in [2.24, 2.45) is 0 Å². The molecule has 3 aromatic rings. The number of carbonyl (C=O) groups is 2. The topological polar surface area (TPSA) is 111 Å². The molecule has 38 heavy (non-hydrogen) atoms. The minimum atomic E-state index is -1.04. The molecule has 2 aromatic carbocycles. The average molecular weight is 534 g/mol. The summed E-state index contributed by atoms with van der Waals surface area (Å²) in [5.41, 5.74) is 1.02.